The summed E-state index contributed by atoms with van der Waals surface area (Å²) in [6.45, 7) is 0.312. The Hall–Kier alpha value is -3.84. The van der Waals surface area contributed by atoms with E-state index in [1.54, 1.807) is 24.3 Å². The van der Waals surface area contributed by atoms with Crippen LogP contribution in [0.2, 0.25) is 0 Å². The Bertz CT molecular complexity index is 927. The summed E-state index contributed by atoms with van der Waals surface area (Å²) in [6, 6.07) is 19.8. The highest BCUT2D eigenvalue weighted by Crippen LogP contribution is 2.42. The van der Waals surface area contributed by atoms with Gasteiger partial charge in [-0.15, -0.1) is 0 Å². The van der Waals surface area contributed by atoms with Crippen molar-refractivity contribution in [3.05, 3.63) is 87.4 Å². The van der Waals surface area contributed by atoms with Crippen LogP contribution in [0.1, 0.15) is 17.0 Å². The maximum Gasteiger partial charge on any atom is 0.315 e. The maximum absolute atomic E-state index is 11.7. The summed E-state index contributed by atoms with van der Waals surface area (Å²) in [5.74, 6) is -1.84. The van der Waals surface area contributed by atoms with Gasteiger partial charge in [-0.3, -0.25) is 10.1 Å². The molecule has 128 valence electrons. The average Bonchev–Trinajstić information content (AvgIpc) is 2.67. The quantitative estimate of drug-likeness (QED) is 0.658. The lowest BCUT2D eigenvalue weighted by molar-refractivity contribution is -0.434. The van der Waals surface area contributed by atoms with Crippen LogP contribution in [0.3, 0.4) is 0 Å². The number of rotatable bonds is 5. The molecule has 3 rings (SSSR count). The van der Waals surface area contributed by atoms with Crippen LogP contribution >= 0.6 is 0 Å². The fourth-order valence-electron chi connectivity index (χ4n) is 2.90. The second-order valence-electron chi connectivity index (χ2n) is 5.66. The molecule has 1 heterocycles. The predicted molar refractivity (Wildman–Crippen MR) is 91.8 cm³/mol. The lowest BCUT2D eigenvalue weighted by atomic mass is 9.83. The summed E-state index contributed by atoms with van der Waals surface area (Å²) in [5, 5.41) is 33.3. The molecule has 0 spiro atoms. The number of para-hydroxylation sites is 1. The first-order valence-electron chi connectivity index (χ1n) is 7.88. The van der Waals surface area contributed by atoms with Gasteiger partial charge in [0.05, 0.1) is 17.1 Å². The van der Waals surface area contributed by atoms with Crippen LogP contribution in [-0.2, 0) is 6.54 Å². The van der Waals surface area contributed by atoms with Crippen LogP contribution in [0.5, 0.6) is 5.75 Å². The van der Waals surface area contributed by atoms with Crippen molar-refractivity contribution in [1.29, 1.82) is 10.5 Å². The SMILES string of the molecule is N#CC(C#N)C1C([N+](=O)[O-])=C(NCc2ccccc2)Oc2ccccc21. The summed E-state index contributed by atoms with van der Waals surface area (Å²) in [5.41, 5.74) is 1.06. The monoisotopic (exact) mass is 346 g/mol. The summed E-state index contributed by atoms with van der Waals surface area (Å²) < 4.78 is 5.71. The minimum absolute atomic E-state index is 0.0435. The molecule has 0 amide bonds. The van der Waals surface area contributed by atoms with Crippen molar-refractivity contribution in [2.24, 2.45) is 5.92 Å². The molecule has 0 bridgehead atoms. The van der Waals surface area contributed by atoms with Gasteiger partial charge in [-0.2, -0.15) is 10.5 Å². The van der Waals surface area contributed by atoms with Gasteiger partial charge in [-0.05, 0) is 11.6 Å². The molecule has 0 aliphatic carbocycles. The van der Waals surface area contributed by atoms with Gasteiger partial charge in [0.15, 0.2) is 5.92 Å². The van der Waals surface area contributed by atoms with Crippen LogP contribution in [0.4, 0.5) is 0 Å². The number of fused-ring (bicyclic) bond motifs is 1. The summed E-state index contributed by atoms with van der Waals surface area (Å²) in [4.78, 5) is 11.2. The van der Waals surface area contributed by atoms with Gasteiger partial charge in [0.25, 0.3) is 5.88 Å². The van der Waals surface area contributed by atoms with Gasteiger partial charge in [0.1, 0.15) is 11.7 Å². The van der Waals surface area contributed by atoms with E-state index in [9.17, 15) is 20.6 Å². The van der Waals surface area contributed by atoms with E-state index < -0.39 is 16.8 Å². The normalized spacial score (nSPS) is 15.4. The topological polar surface area (TPSA) is 112 Å². The van der Waals surface area contributed by atoms with E-state index in [0.717, 1.165) is 5.56 Å². The van der Waals surface area contributed by atoms with E-state index >= 15 is 0 Å². The van der Waals surface area contributed by atoms with Crippen molar-refractivity contribution in [3.8, 4) is 17.9 Å². The van der Waals surface area contributed by atoms with Gasteiger partial charge in [0.2, 0.25) is 0 Å². The Kier molecular flexibility index (Phi) is 4.82. The van der Waals surface area contributed by atoms with Crippen molar-refractivity contribution < 1.29 is 9.66 Å². The van der Waals surface area contributed by atoms with Crippen LogP contribution in [0.15, 0.2) is 66.2 Å². The molecule has 7 nitrogen and oxygen atoms in total. The minimum Gasteiger partial charge on any atom is -0.435 e. The number of benzene rings is 2. The molecule has 1 aliphatic heterocycles. The fraction of sp³-hybridized carbons (Fsp3) is 0.158. The highest BCUT2D eigenvalue weighted by atomic mass is 16.6. The third-order valence-electron chi connectivity index (χ3n) is 4.10. The van der Waals surface area contributed by atoms with E-state index in [1.165, 1.54) is 0 Å². The molecule has 1 N–H and O–H groups in total. The number of nitrogens with one attached hydrogen (secondary N) is 1. The van der Waals surface area contributed by atoms with E-state index in [2.05, 4.69) is 5.32 Å². The van der Waals surface area contributed by atoms with Crippen LogP contribution < -0.4 is 10.1 Å². The maximum atomic E-state index is 11.7. The molecule has 1 aliphatic rings. The Morgan fingerprint density at radius 3 is 2.42 bits per heavy atom. The first-order chi connectivity index (χ1) is 12.7. The Morgan fingerprint density at radius 2 is 1.77 bits per heavy atom. The van der Waals surface area contributed by atoms with Crippen molar-refractivity contribution >= 4 is 0 Å². The lowest BCUT2D eigenvalue weighted by Gasteiger charge is -2.26. The number of allylic oxidation sites excluding steroid dienone is 1. The smallest absolute Gasteiger partial charge is 0.315 e. The number of ether oxygens (including phenoxy) is 1. The number of hydrogen-bond donors (Lipinski definition) is 1. The Balaban J connectivity index is 2.04. The summed E-state index contributed by atoms with van der Waals surface area (Å²) in [7, 11) is 0. The van der Waals surface area contributed by atoms with Crippen molar-refractivity contribution in [2.75, 3.05) is 0 Å². The molecule has 2 aromatic carbocycles. The second-order valence-corrected chi connectivity index (χ2v) is 5.66. The summed E-state index contributed by atoms with van der Waals surface area (Å²) in [6.07, 6.45) is 0. The van der Waals surface area contributed by atoms with Crippen molar-refractivity contribution in [3.63, 3.8) is 0 Å². The van der Waals surface area contributed by atoms with Gasteiger partial charge in [-0.1, -0.05) is 48.5 Å². The molecule has 26 heavy (non-hydrogen) atoms. The highest BCUT2D eigenvalue weighted by molar-refractivity contribution is 5.46. The van der Waals surface area contributed by atoms with Crippen LogP contribution in [0.25, 0.3) is 0 Å². The third-order valence-corrected chi connectivity index (χ3v) is 4.10. The van der Waals surface area contributed by atoms with Crippen molar-refractivity contribution in [1.82, 2.24) is 5.32 Å². The van der Waals surface area contributed by atoms with Crippen molar-refractivity contribution in [2.45, 2.75) is 12.5 Å². The molecule has 1 atom stereocenters. The molecule has 0 radical (unpaired) electrons. The molecule has 0 saturated heterocycles. The van der Waals surface area contributed by atoms with Gasteiger partial charge in [-0.25, -0.2) is 0 Å². The standard InChI is InChI=1S/C19H14N4O3/c20-10-14(11-21)17-15-8-4-5-9-16(15)26-19(18(17)23(24)25)22-12-13-6-2-1-3-7-13/h1-9,14,17,22H,12H2. The summed E-state index contributed by atoms with van der Waals surface area (Å²) >= 11 is 0. The van der Waals surface area contributed by atoms with Gasteiger partial charge in [0, 0.05) is 12.1 Å². The van der Waals surface area contributed by atoms with Gasteiger partial charge >= 0.3 is 5.70 Å². The third kappa shape index (κ3) is 3.19. The number of nitriles is 2. The molecule has 7 heteroatoms. The van der Waals surface area contributed by atoms with Crippen LogP contribution in [-0.4, -0.2) is 4.92 Å². The zero-order chi connectivity index (χ0) is 18.5. The van der Waals surface area contributed by atoms with Gasteiger partial charge < -0.3 is 10.1 Å². The largest absolute Gasteiger partial charge is 0.435 e. The first kappa shape index (κ1) is 17.0. The van der Waals surface area contributed by atoms with E-state index in [-0.39, 0.29) is 11.6 Å². The Labute approximate surface area is 149 Å². The zero-order valence-electron chi connectivity index (χ0n) is 13.6. The molecule has 1 unspecified atom stereocenters. The average molecular weight is 346 g/mol. The molecular formula is C19H14N4O3. The highest BCUT2D eigenvalue weighted by Gasteiger charge is 2.43. The Morgan fingerprint density at radius 1 is 1.12 bits per heavy atom. The molecular weight excluding hydrogens is 332 g/mol. The van der Waals surface area contributed by atoms with E-state index in [1.807, 2.05) is 42.5 Å². The minimum atomic E-state index is -1.20. The first-order valence-corrected chi connectivity index (χ1v) is 7.88. The molecule has 0 aromatic heterocycles. The lowest BCUT2D eigenvalue weighted by Crippen LogP contribution is -2.31. The second kappa shape index (κ2) is 7.37. The molecule has 0 fully saturated rings. The zero-order valence-corrected chi connectivity index (χ0v) is 13.6. The molecule has 2 aromatic rings. The number of nitro groups is 1. The number of nitrogens with zero attached hydrogens (tertiary/aromatic N) is 3. The predicted octanol–water partition coefficient (Wildman–Crippen LogP) is 3.06. The van der Waals surface area contributed by atoms with E-state index in [0.29, 0.717) is 17.9 Å². The number of hydrogen-bond acceptors (Lipinski definition) is 6. The van der Waals surface area contributed by atoms with Crippen LogP contribution in [0, 0.1) is 38.7 Å². The fourth-order valence-corrected chi connectivity index (χ4v) is 2.90. The molecule has 0 saturated carbocycles. The van der Waals surface area contributed by atoms with E-state index in [4.69, 9.17) is 4.74 Å².